The first-order valence-electron chi connectivity index (χ1n) is 3.81. The lowest BCUT2D eigenvalue weighted by molar-refractivity contribution is -0.145. The molecule has 0 aromatic carbocycles. The molecule has 0 aliphatic heterocycles. The van der Waals surface area contributed by atoms with Gasteiger partial charge in [0.15, 0.2) is 0 Å². The van der Waals surface area contributed by atoms with Crippen molar-refractivity contribution >= 4 is 18.0 Å². The molecule has 4 nitrogen and oxygen atoms in total. The molecule has 0 aromatic heterocycles. The van der Waals surface area contributed by atoms with Gasteiger partial charge in [0, 0.05) is 12.8 Å². The molecule has 0 aliphatic rings. The molecular formula is C8H12O4. The number of carbonyl (C=O) groups excluding carboxylic acids is 3. The fraction of sp³-hybridized carbons (Fsp3) is 0.625. The van der Waals surface area contributed by atoms with E-state index in [0.29, 0.717) is 6.29 Å². The molecule has 0 atom stereocenters. The van der Waals surface area contributed by atoms with E-state index in [0.717, 1.165) is 0 Å². The molecule has 0 bridgehead atoms. The van der Waals surface area contributed by atoms with E-state index >= 15 is 0 Å². The first kappa shape index (κ1) is 10.8. The van der Waals surface area contributed by atoms with Crippen LogP contribution in [0.4, 0.5) is 0 Å². The van der Waals surface area contributed by atoms with E-state index in [1.54, 1.807) is 6.92 Å². The van der Waals surface area contributed by atoms with E-state index in [1.807, 2.05) is 0 Å². The second kappa shape index (κ2) is 6.52. The van der Waals surface area contributed by atoms with Gasteiger partial charge in [0.2, 0.25) is 0 Å². The van der Waals surface area contributed by atoms with Gasteiger partial charge in [0.1, 0.15) is 18.5 Å². The molecule has 0 radical (unpaired) electrons. The number of aldehydes is 1. The normalized spacial score (nSPS) is 9.08. The molecule has 4 heteroatoms. The molecule has 0 heterocycles. The third-order valence-corrected chi connectivity index (χ3v) is 1.19. The summed E-state index contributed by atoms with van der Waals surface area (Å²) in [5.74, 6) is -0.769. The van der Waals surface area contributed by atoms with Crippen LogP contribution in [0.1, 0.15) is 26.2 Å². The number of hydrogen-bond donors (Lipinski definition) is 0. The van der Waals surface area contributed by atoms with Crippen molar-refractivity contribution in [3.05, 3.63) is 0 Å². The van der Waals surface area contributed by atoms with E-state index in [2.05, 4.69) is 4.74 Å². The number of ketones is 1. The summed E-state index contributed by atoms with van der Waals surface area (Å²) >= 11 is 0. The highest BCUT2D eigenvalue weighted by molar-refractivity contribution is 5.96. The van der Waals surface area contributed by atoms with Crippen LogP contribution < -0.4 is 0 Å². The molecule has 0 amide bonds. The van der Waals surface area contributed by atoms with E-state index in [1.165, 1.54) is 0 Å². The van der Waals surface area contributed by atoms with E-state index in [4.69, 9.17) is 0 Å². The van der Waals surface area contributed by atoms with Gasteiger partial charge in [-0.2, -0.15) is 0 Å². The minimum atomic E-state index is -0.520. The molecule has 0 unspecified atom stereocenters. The van der Waals surface area contributed by atoms with Crippen molar-refractivity contribution in [1.29, 1.82) is 0 Å². The number of rotatable bonds is 6. The Kier molecular flexibility index (Phi) is 5.87. The fourth-order valence-corrected chi connectivity index (χ4v) is 0.681. The van der Waals surface area contributed by atoms with Crippen molar-refractivity contribution in [1.82, 2.24) is 0 Å². The maximum atomic E-state index is 10.8. The number of Topliss-reactive ketones (excluding diaryl/α,β-unsaturated/α-hetero) is 1. The summed E-state index contributed by atoms with van der Waals surface area (Å²) in [5, 5.41) is 0. The van der Waals surface area contributed by atoms with Gasteiger partial charge in [-0.05, 0) is 6.92 Å². The molecule has 0 saturated carbocycles. The quantitative estimate of drug-likeness (QED) is 0.332. The standard InChI is InChI=1S/C8H12O4/c1-2-12-8(11)6-7(10)4-3-5-9/h5H,2-4,6H2,1H3. The van der Waals surface area contributed by atoms with Crippen LogP contribution in [-0.2, 0) is 19.1 Å². The monoisotopic (exact) mass is 172 g/mol. The highest BCUT2D eigenvalue weighted by Crippen LogP contribution is 1.95. The minimum Gasteiger partial charge on any atom is -0.466 e. The first-order chi connectivity index (χ1) is 5.70. The second-order valence-corrected chi connectivity index (χ2v) is 2.23. The van der Waals surface area contributed by atoms with Gasteiger partial charge in [0.05, 0.1) is 6.61 Å². The largest absolute Gasteiger partial charge is 0.466 e. The third-order valence-electron chi connectivity index (χ3n) is 1.19. The Balaban J connectivity index is 3.54. The summed E-state index contributed by atoms with van der Waals surface area (Å²) < 4.78 is 4.54. The predicted molar refractivity (Wildman–Crippen MR) is 41.6 cm³/mol. The van der Waals surface area contributed by atoms with E-state index in [9.17, 15) is 14.4 Å². The summed E-state index contributed by atoms with van der Waals surface area (Å²) in [7, 11) is 0. The summed E-state index contributed by atoms with van der Waals surface area (Å²) in [4.78, 5) is 31.4. The van der Waals surface area contributed by atoms with Crippen molar-refractivity contribution in [2.45, 2.75) is 26.2 Å². The highest BCUT2D eigenvalue weighted by atomic mass is 16.5. The van der Waals surface area contributed by atoms with Crippen LogP contribution in [-0.4, -0.2) is 24.6 Å². The van der Waals surface area contributed by atoms with Crippen LogP contribution in [0.15, 0.2) is 0 Å². The first-order valence-corrected chi connectivity index (χ1v) is 3.81. The second-order valence-electron chi connectivity index (χ2n) is 2.23. The molecule has 0 spiro atoms. The molecule has 0 aliphatic carbocycles. The van der Waals surface area contributed by atoms with Crippen LogP contribution in [0.3, 0.4) is 0 Å². The van der Waals surface area contributed by atoms with Gasteiger partial charge in [-0.15, -0.1) is 0 Å². The van der Waals surface area contributed by atoms with Gasteiger partial charge < -0.3 is 9.53 Å². The highest BCUT2D eigenvalue weighted by Gasteiger charge is 2.08. The van der Waals surface area contributed by atoms with Crippen LogP contribution in [0.5, 0.6) is 0 Å². The fourth-order valence-electron chi connectivity index (χ4n) is 0.681. The summed E-state index contributed by atoms with van der Waals surface area (Å²) in [6.07, 6.45) is 0.741. The van der Waals surface area contributed by atoms with Crippen molar-refractivity contribution in [2.24, 2.45) is 0 Å². The smallest absolute Gasteiger partial charge is 0.313 e. The summed E-state index contributed by atoms with van der Waals surface area (Å²) in [5.41, 5.74) is 0. The zero-order chi connectivity index (χ0) is 9.40. The van der Waals surface area contributed by atoms with Crippen LogP contribution in [0, 0.1) is 0 Å². The Morgan fingerprint density at radius 2 is 2.08 bits per heavy atom. The van der Waals surface area contributed by atoms with E-state index < -0.39 is 5.97 Å². The Labute approximate surface area is 70.9 Å². The van der Waals surface area contributed by atoms with Gasteiger partial charge in [-0.25, -0.2) is 0 Å². The van der Waals surface area contributed by atoms with Crippen molar-refractivity contribution in [3.63, 3.8) is 0 Å². The van der Waals surface area contributed by atoms with Crippen molar-refractivity contribution in [3.8, 4) is 0 Å². The lowest BCUT2D eigenvalue weighted by Gasteiger charge is -1.98. The number of carbonyl (C=O) groups is 3. The lowest BCUT2D eigenvalue weighted by Crippen LogP contribution is -2.10. The molecule has 0 saturated heterocycles. The third kappa shape index (κ3) is 5.58. The molecule has 0 rings (SSSR count). The maximum absolute atomic E-state index is 10.8. The van der Waals surface area contributed by atoms with Crippen LogP contribution in [0.25, 0.3) is 0 Å². The SMILES string of the molecule is CCOC(=O)CC(=O)CCC=O. The van der Waals surface area contributed by atoms with E-state index in [-0.39, 0.29) is 31.7 Å². The zero-order valence-corrected chi connectivity index (χ0v) is 7.04. The summed E-state index contributed by atoms with van der Waals surface area (Å²) in [6.45, 7) is 1.95. The molecule has 0 fully saturated rings. The van der Waals surface area contributed by atoms with Crippen LogP contribution >= 0.6 is 0 Å². The van der Waals surface area contributed by atoms with Gasteiger partial charge >= 0.3 is 5.97 Å². The Morgan fingerprint density at radius 1 is 1.42 bits per heavy atom. The zero-order valence-electron chi connectivity index (χ0n) is 7.04. The average Bonchev–Trinajstić information content (AvgIpc) is 2.01. The Morgan fingerprint density at radius 3 is 2.58 bits per heavy atom. The van der Waals surface area contributed by atoms with Gasteiger partial charge in [0.25, 0.3) is 0 Å². The predicted octanol–water partition coefficient (Wildman–Crippen LogP) is 0.488. The number of ether oxygens (including phenoxy) is 1. The topological polar surface area (TPSA) is 60.4 Å². The maximum Gasteiger partial charge on any atom is 0.313 e. The van der Waals surface area contributed by atoms with Gasteiger partial charge in [-0.3, -0.25) is 9.59 Å². The Hall–Kier alpha value is -1.19. The number of esters is 1. The average molecular weight is 172 g/mol. The molecule has 0 N–H and O–H groups in total. The minimum absolute atomic E-state index is 0.127. The Bertz CT molecular complexity index is 174. The summed E-state index contributed by atoms with van der Waals surface area (Å²) in [6, 6.07) is 0. The molecule has 0 aromatic rings. The lowest BCUT2D eigenvalue weighted by atomic mass is 10.2. The van der Waals surface area contributed by atoms with Crippen molar-refractivity contribution < 1.29 is 19.1 Å². The van der Waals surface area contributed by atoms with Crippen molar-refractivity contribution in [2.75, 3.05) is 6.61 Å². The molecule has 12 heavy (non-hydrogen) atoms. The van der Waals surface area contributed by atoms with Crippen LogP contribution in [0.2, 0.25) is 0 Å². The molecular weight excluding hydrogens is 160 g/mol. The number of hydrogen-bond acceptors (Lipinski definition) is 4. The van der Waals surface area contributed by atoms with Gasteiger partial charge in [-0.1, -0.05) is 0 Å². The molecule has 68 valence electrons.